The highest BCUT2D eigenvalue weighted by atomic mass is 14.3. The highest BCUT2D eigenvalue weighted by molar-refractivity contribution is 5.43. The lowest BCUT2D eigenvalue weighted by Gasteiger charge is -2.01. The molecule has 0 N–H and O–H groups in total. The summed E-state index contributed by atoms with van der Waals surface area (Å²) in [6.45, 7) is 1.89. The smallest absolute Gasteiger partial charge is 0.0700 e. The van der Waals surface area contributed by atoms with Crippen LogP contribution in [0.1, 0.15) is 29.5 Å². The first-order valence-electron chi connectivity index (χ1n) is 5.86. The SMILES string of the molecule is CC(C#N)c1ccc(C#Cc2ccccc2)cc1. The van der Waals surface area contributed by atoms with Gasteiger partial charge in [0.2, 0.25) is 0 Å². The average molecular weight is 231 g/mol. The molecule has 0 saturated heterocycles. The maximum atomic E-state index is 8.83. The summed E-state index contributed by atoms with van der Waals surface area (Å²) < 4.78 is 0. The van der Waals surface area contributed by atoms with E-state index in [9.17, 15) is 0 Å². The molecule has 0 aliphatic heterocycles. The summed E-state index contributed by atoms with van der Waals surface area (Å²) in [6.07, 6.45) is 0. The predicted molar refractivity (Wildman–Crippen MR) is 72.9 cm³/mol. The zero-order chi connectivity index (χ0) is 12.8. The Bertz CT molecular complexity index is 607. The second-order valence-electron chi connectivity index (χ2n) is 4.09. The van der Waals surface area contributed by atoms with Crippen molar-refractivity contribution in [2.45, 2.75) is 12.8 Å². The van der Waals surface area contributed by atoms with E-state index >= 15 is 0 Å². The predicted octanol–water partition coefficient (Wildman–Crippen LogP) is 3.71. The van der Waals surface area contributed by atoms with Crippen molar-refractivity contribution in [2.24, 2.45) is 0 Å². The molecule has 0 aliphatic rings. The molecule has 0 radical (unpaired) electrons. The Morgan fingerprint density at radius 2 is 1.39 bits per heavy atom. The fraction of sp³-hybridized carbons (Fsp3) is 0.118. The number of nitriles is 1. The van der Waals surface area contributed by atoms with Crippen LogP contribution in [0.5, 0.6) is 0 Å². The van der Waals surface area contributed by atoms with Crippen LogP contribution < -0.4 is 0 Å². The van der Waals surface area contributed by atoms with Crippen molar-refractivity contribution in [1.82, 2.24) is 0 Å². The summed E-state index contributed by atoms with van der Waals surface area (Å²) in [4.78, 5) is 0. The maximum Gasteiger partial charge on any atom is 0.0700 e. The van der Waals surface area contributed by atoms with Gasteiger partial charge in [-0.3, -0.25) is 0 Å². The number of hydrogen-bond donors (Lipinski definition) is 0. The van der Waals surface area contributed by atoms with Gasteiger partial charge in [-0.05, 0) is 36.8 Å². The van der Waals surface area contributed by atoms with Gasteiger partial charge >= 0.3 is 0 Å². The molecule has 2 aromatic carbocycles. The van der Waals surface area contributed by atoms with E-state index < -0.39 is 0 Å². The first-order chi connectivity index (χ1) is 8.79. The van der Waals surface area contributed by atoms with Gasteiger partial charge in [-0.15, -0.1) is 0 Å². The third-order valence-electron chi connectivity index (χ3n) is 2.73. The van der Waals surface area contributed by atoms with E-state index in [1.807, 2.05) is 61.5 Å². The fourth-order valence-corrected chi connectivity index (χ4v) is 1.60. The van der Waals surface area contributed by atoms with Crippen molar-refractivity contribution in [3.63, 3.8) is 0 Å². The minimum atomic E-state index is -0.0684. The second-order valence-corrected chi connectivity index (χ2v) is 4.09. The second kappa shape index (κ2) is 5.71. The van der Waals surface area contributed by atoms with Crippen LogP contribution in [0.4, 0.5) is 0 Å². The number of nitrogens with zero attached hydrogens (tertiary/aromatic N) is 1. The van der Waals surface area contributed by atoms with Gasteiger partial charge in [-0.2, -0.15) is 5.26 Å². The summed E-state index contributed by atoms with van der Waals surface area (Å²) in [6, 6.07) is 20.0. The minimum absolute atomic E-state index is 0.0684. The van der Waals surface area contributed by atoms with E-state index in [0.29, 0.717) is 0 Å². The monoisotopic (exact) mass is 231 g/mol. The van der Waals surface area contributed by atoms with Crippen LogP contribution in [0.3, 0.4) is 0 Å². The Kier molecular flexibility index (Phi) is 3.79. The van der Waals surface area contributed by atoms with Gasteiger partial charge in [-0.25, -0.2) is 0 Å². The first kappa shape index (κ1) is 12.0. The molecule has 86 valence electrons. The molecule has 1 atom stereocenters. The van der Waals surface area contributed by atoms with Gasteiger partial charge in [-0.1, -0.05) is 42.2 Å². The van der Waals surface area contributed by atoms with Crippen molar-refractivity contribution in [3.05, 3.63) is 71.3 Å². The lowest BCUT2D eigenvalue weighted by atomic mass is 10.0. The zero-order valence-electron chi connectivity index (χ0n) is 10.2. The van der Waals surface area contributed by atoms with Crippen LogP contribution in [0.25, 0.3) is 0 Å². The first-order valence-corrected chi connectivity index (χ1v) is 5.86. The van der Waals surface area contributed by atoms with Gasteiger partial charge in [0.25, 0.3) is 0 Å². The highest BCUT2D eigenvalue weighted by Crippen LogP contribution is 2.14. The molecule has 2 aromatic rings. The third kappa shape index (κ3) is 3.00. The summed E-state index contributed by atoms with van der Waals surface area (Å²) >= 11 is 0. The van der Waals surface area contributed by atoms with Crippen molar-refractivity contribution >= 4 is 0 Å². The Labute approximate surface area is 108 Å². The normalized spacial score (nSPS) is 10.9. The largest absolute Gasteiger partial charge is 0.198 e. The maximum absolute atomic E-state index is 8.83. The lowest BCUT2D eigenvalue weighted by Crippen LogP contribution is -1.88. The number of benzene rings is 2. The van der Waals surface area contributed by atoms with E-state index in [2.05, 4.69) is 17.9 Å². The fourth-order valence-electron chi connectivity index (χ4n) is 1.60. The average Bonchev–Trinajstić information content (AvgIpc) is 2.46. The number of rotatable bonds is 1. The van der Waals surface area contributed by atoms with Gasteiger partial charge in [0.15, 0.2) is 0 Å². The Morgan fingerprint density at radius 3 is 1.94 bits per heavy atom. The molecule has 0 aliphatic carbocycles. The quantitative estimate of drug-likeness (QED) is 0.686. The third-order valence-corrected chi connectivity index (χ3v) is 2.73. The van der Waals surface area contributed by atoms with Crippen LogP contribution in [-0.4, -0.2) is 0 Å². The molecular formula is C17H13N. The summed E-state index contributed by atoms with van der Waals surface area (Å²) in [5, 5.41) is 8.83. The highest BCUT2D eigenvalue weighted by Gasteiger charge is 2.01. The molecule has 0 aromatic heterocycles. The Hall–Kier alpha value is -2.51. The van der Waals surface area contributed by atoms with Gasteiger partial charge in [0.1, 0.15) is 0 Å². The molecule has 0 heterocycles. The molecular weight excluding hydrogens is 218 g/mol. The Morgan fingerprint density at radius 1 is 0.833 bits per heavy atom. The Balaban J connectivity index is 2.17. The van der Waals surface area contributed by atoms with Crippen molar-refractivity contribution in [1.29, 1.82) is 5.26 Å². The standard InChI is InChI=1S/C17H13N/c1-14(13-18)17-11-9-16(10-12-17)8-7-15-5-3-2-4-6-15/h2-6,9-12,14H,1H3. The van der Waals surface area contributed by atoms with Crippen LogP contribution in [0, 0.1) is 23.2 Å². The van der Waals surface area contributed by atoms with Crippen molar-refractivity contribution in [3.8, 4) is 17.9 Å². The number of hydrogen-bond acceptors (Lipinski definition) is 1. The summed E-state index contributed by atoms with van der Waals surface area (Å²) in [7, 11) is 0. The molecule has 1 unspecified atom stereocenters. The van der Waals surface area contributed by atoms with Gasteiger partial charge in [0, 0.05) is 11.1 Å². The van der Waals surface area contributed by atoms with E-state index in [4.69, 9.17) is 5.26 Å². The topological polar surface area (TPSA) is 23.8 Å². The summed E-state index contributed by atoms with van der Waals surface area (Å²) in [5.74, 6) is 6.15. The zero-order valence-corrected chi connectivity index (χ0v) is 10.2. The minimum Gasteiger partial charge on any atom is -0.198 e. The van der Waals surface area contributed by atoms with Crippen LogP contribution in [0.2, 0.25) is 0 Å². The van der Waals surface area contributed by atoms with Crippen LogP contribution in [-0.2, 0) is 0 Å². The molecule has 18 heavy (non-hydrogen) atoms. The van der Waals surface area contributed by atoms with Crippen LogP contribution in [0.15, 0.2) is 54.6 Å². The van der Waals surface area contributed by atoms with E-state index in [0.717, 1.165) is 16.7 Å². The molecule has 1 heteroatoms. The van der Waals surface area contributed by atoms with Gasteiger partial charge in [0.05, 0.1) is 12.0 Å². The molecule has 0 fully saturated rings. The molecule has 0 amide bonds. The van der Waals surface area contributed by atoms with E-state index in [-0.39, 0.29) is 5.92 Å². The lowest BCUT2D eigenvalue weighted by molar-refractivity contribution is 0.981. The van der Waals surface area contributed by atoms with E-state index in [1.165, 1.54) is 0 Å². The van der Waals surface area contributed by atoms with Crippen LogP contribution >= 0.6 is 0 Å². The molecule has 0 spiro atoms. The molecule has 1 nitrogen and oxygen atoms in total. The summed E-state index contributed by atoms with van der Waals surface area (Å²) in [5.41, 5.74) is 3.00. The van der Waals surface area contributed by atoms with Crippen molar-refractivity contribution < 1.29 is 0 Å². The van der Waals surface area contributed by atoms with Crippen molar-refractivity contribution in [2.75, 3.05) is 0 Å². The molecule has 0 bridgehead atoms. The molecule has 2 rings (SSSR count). The molecule has 0 saturated carbocycles. The van der Waals surface area contributed by atoms with E-state index in [1.54, 1.807) is 0 Å². The van der Waals surface area contributed by atoms with Gasteiger partial charge < -0.3 is 0 Å².